The summed E-state index contributed by atoms with van der Waals surface area (Å²) in [5.41, 5.74) is 0.691. The Balaban J connectivity index is 1.24. The maximum absolute atomic E-state index is 13.1. The third kappa shape index (κ3) is 3.58. The van der Waals surface area contributed by atoms with Gasteiger partial charge < -0.3 is 4.74 Å². The lowest BCUT2D eigenvalue weighted by molar-refractivity contribution is 0.243. The van der Waals surface area contributed by atoms with Gasteiger partial charge in [-0.1, -0.05) is 0 Å². The highest BCUT2D eigenvalue weighted by atomic mass is 32.2. The summed E-state index contributed by atoms with van der Waals surface area (Å²) >= 11 is 0. The van der Waals surface area contributed by atoms with Gasteiger partial charge in [-0.25, -0.2) is 12.8 Å². The second-order valence-corrected chi connectivity index (χ2v) is 9.49. The number of hydrogen-bond acceptors (Lipinski definition) is 6. The number of hydrogen-bond donors (Lipinski definition) is 0. The molecule has 1 saturated carbocycles. The Labute approximate surface area is 167 Å². The molecular weight excluding hydrogens is 397 g/mol. The number of rotatable bonds is 6. The molecule has 3 aromatic rings. The highest BCUT2D eigenvalue weighted by Gasteiger charge is 2.33. The molecule has 1 aliphatic carbocycles. The molecule has 0 radical (unpaired) electrons. The van der Waals surface area contributed by atoms with Gasteiger partial charge in [-0.3, -0.25) is 0 Å². The van der Waals surface area contributed by atoms with Gasteiger partial charge in [0.2, 0.25) is 15.9 Å². The Kier molecular flexibility index (Phi) is 4.47. The first-order valence-corrected chi connectivity index (χ1v) is 11.1. The first-order valence-electron chi connectivity index (χ1n) is 9.61. The van der Waals surface area contributed by atoms with E-state index in [1.807, 2.05) is 6.07 Å². The van der Waals surface area contributed by atoms with E-state index in [2.05, 4.69) is 15.3 Å². The van der Waals surface area contributed by atoms with Crippen molar-refractivity contribution in [1.29, 1.82) is 0 Å². The monoisotopic (exact) mass is 417 g/mol. The second kappa shape index (κ2) is 7.03. The molecule has 1 unspecified atom stereocenters. The standard InChI is InChI=1S/C19H20FN5O3S/c20-15-3-5-16(6-4-15)29(26,27)24-10-9-13(11-24)12-28-18-8-7-17-21-22-19(14-1-2-14)25(17)23-18/h3-8,13-14H,1-2,9-12H2. The fourth-order valence-electron chi connectivity index (χ4n) is 3.57. The first-order chi connectivity index (χ1) is 14.0. The van der Waals surface area contributed by atoms with Gasteiger partial charge in [0.15, 0.2) is 11.5 Å². The lowest BCUT2D eigenvalue weighted by Gasteiger charge is -2.17. The summed E-state index contributed by atoms with van der Waals surface area (Å²) in [6.07, 6.45) is 2.91. The number of fused-ring (bicyclic) bond motifs is 1. The van der Waals surface area contributed by atoms with Crippen LogP contribution < -0.4 is 4.74 Å². The molecule has 1 atom stereocenters. The Morgan fingerprint density at radius 2 is 1.86 bits per heavy atom. The first kappa shape index (κ1) is 18.4. The Morgan fingerprint density at radius 1 is 1.07 bits per heavy atom. The van der Waals surface area contributed by atoms with Crippen LogP contribution in [0.25, 0.3) is 5.65 Å². The van der Waals surface area contributed by atoms with Crippen LogP contribution in [0.2, 0.25) is 0 Å². The lowest BCUT2D eigenvalue weighted by atomic mass is 10.1. The zero-order valence-electron chi connectivity index (χ0n) is 15.6. The number of ether oxygens (including phenoxy) is 1. The largest absolute Gasteiger partial charge is 0.476 e. The highest BCUT2D eigenvalue weighted by Crippen LogP contribution is 2.38. The molecular formula is C19H20FN5O3S. The number of nitrogens with zero attached hydrogens (tertiary/aromatic N) is 5. The molecule has 0 amide bonds. The van der Waals surface area contributed by atoms with Crippen LogP contribution in [0.1, 0.15) is 31.0 Å². The predicted octanol–water partition coefficient (Wildman–Crippen LogP) is 2.23. The molecule has 152 valence electrons. The molecule has 8 nitrogen and oxygen atoms in total. The molecule has 1 aromatic carbocycles. The minimum absolute atomic E-state index is 0.0616. The van der Waals surface area contributed by atoms with E-state index in [1.165, 1.54) is 16.4 Å². The predicted molar refractivity (Wildman–Crippen MR) is 102 cm³/mol. The third-order valence-corrected chi connectivity index (χ3v) is 7.25. The van der Waals surface area contributed by atoms with Crippen molar-refractivity contribution in [3.05, 3.63) is 48.0 Å². The minimum Gasteiger partial charge on any atom is -0.476 e. The average Bonchev–Trinajstić information content (AvgIpc) is 3.28. The molecule has 2 aromatic heterocycles. The van der Waals surface area contributed by atoms with Crippen LogP contribution in [-0.4, -0.2) is 52.2 Å². The van der Waals surface area contributed by atoms with Gasteiger partial charge in [-0.2, -0.15) is 8.82 Å². The molecule has 1 saturated heterocycles. The Morgan fingerprint density at radius 3 is 2.62 bits per heavy atom. The summed E-state index contributed by atoms with van der Waals surface area (Å²) in [5, 5.41) is 12.8. The van der Waals surface area contributed by atoms with Crippen molar-refractivity contribution in [2.24, 2.45) is 5.92 Å². The van der Waals surface area contributed by atoms with Crippen LogP contribution in [0.15, 0.2) is 41.3 Å². The topological polar surface area (TPSA) is 89.7 Å². The van der Waals surface area contributed by atoms with Gasteiger partial charge in [0.25, 0.3) is 0 Å². The molecule has 3 heterocycles. The van der Waals surface area contributed by atoms with Crippen molar-refractivity contribution in [2.75, 3.05) is 19.7 Å². The number of halogens is 1. The van der Waals surface area contributed by atoms with E-state index in [-0.39, 0.29) is 10.8 Å². The van der Waals surface area contributed by atoms with Gasteiger partial charge >= 0.3 is 0 Å². The van der Waals surface area contributed by atoms with Crippen molar-refractivity contribution in [3.8, 4) is 5.88 Å². The van der Waals surface area contributed by atoms with Gasteiger partial charge in [0.05, 0.1) is 11.5 Å². The van der Waals surface area contributed by atoms with E-state index >= 15 is 0 Å². The zero-order chi connectivity index (χ0) is 20.0. The summed E-state index contributed by atoms with van der Waals surface area (Å²) in [7, 11) is -3.63. The van der Waals surface area contributed by atoms with Crippen molar-refractivity contribution in [1.82, 2.24) is 24.1 Å². The van der Waals surface area contributed by atoms with Crippen molar-refractivity contribution < 1.29 is 17.5 Å². The molecule has 29 heavy (non-hydrogen) atoms. The molecule has 0 N–H and O–H groups in total. The maximum atomic E-state index is 13.1. The van der Waals surface area contributed by atoms with Gasteiger partial charge in [-0.15, -0.1) is 15.3 Å². The smallest absolute Gasteiger partial charge is 0.243 e. The lowest BCUT2D eigenvalue weighted by Crippen LogP contribution is -2.29. The summed E-state index contributed by atoms with van der Waals surface area (Å²) in [6.45, 7) is 1.15. The van der Waals surface area contributed by atoms with Crippen LogP contribution in [0.3, 0.4) is 0 Å². The number of sulfonamides is 1. The number of aromatic nitrogens is 4. The van der Waals surface area contributed by atoms with Gasteiger partial charge in [-0.05, 0) is 49.6 Å². The van der Waals surface area contributed by atoms with Crippen LogP contribution in [0.4, 0.5) is 4.39 Å². The molecule has 1 aliphatic heterocycles. The van der Waals surface area contributed by atoms with E-state index in [0.29, 0.717) is 43.6 Å². The summed E-state index contributed by atoms with van der Waals surface area (Å²) in [5.74, 6) is 1.36. The maximum Gasteiger partial charge on any atom is 0.243 e. The molecule has 0 spiro atoms. The van der Waals surface area contributed by atoms with E-state index in [9.17, 15) is 12.8 Å². The molecule has 0 bridgehead atoms. The van der Waals surface area contributed by atoms with Gasteiger partial charge in [0, 0.05) is 31.0 Å². The van der Waals surface area contributed by atoms with Gasteiger partial charge in [0.1, 0.15) is 5.82 Å². The average molecular weight is 417 g/mol. The highest BCUT2D eigenvalue weighted by molar-refractivity contribution is 7.89. The molecule has 10 heteroatoms. The van der Waals surface area contributed by atoms with E-state index in [4.69, 9.17) is 4.74 Å². The Hall–Kier alpha value is -2.59. The van der Waals surface area contributed by atoms with Crippen LogP contribution in [-0.2, 0) is 10.0 Å². The summed E-state index contributed by atoms with van der Waals surface area (Å²) in [4.78, 5) is 0.104. The van der Waals surface area contributed by atoms with Crippen LogP contribution in [0.5, 0.6) is 5.88 Å². The van der Waals surface area contributed by atoms with E-state index < -0.39 is 15.8 Å². The normalized spacial score (nSPS) is 20.4. The second-order valence-electron chi connectivity index (χ2n) is 7.56. The third-order valence-electron chi connectivity index (χ3n) is 5.37. The SMILES string of the molecule is O=S(=O)(c1ccc(F)cc1)N1CCC(COc2ccc3nnc(C4CC4)n3n2)C1. The fourth-order valence-corrected chi connectivity index (χ4v) is 5.10. The molecule has 2 fully saturated rings. The summed E-state index contributed by atoms with van der Waals surface area (Å²) < 4.78 is 47.5. The van der Waals surface area contributed by atoms with Crippen molar-refractivity contribution in [3.63, 3.8) is 0 Å². The van der Waals surface area contributed by atoms with E-state index in [1.54, 1.807) is 10.6 Å². The summed E-state index contributed by atoms with van der Waals surface area (Å²) in [6, 6.07) is 8.48. The van der Waals surface area contributed by atoms with Crippen molar-refractivity contribution >= 4 is 15.7 Å². The molecule has 2 aliphatic rings. The van der Waals surface area contributed by atoms with Crippen LogP contribution >= 0.6 is 0 Å². The van der Waals surface area contributed by atoms with Crippen LogP contribution in [0, 0.1) is 11.7 Å². The van der Waals surface area contributed by atoms with E-state index in [0.717, 1.165) is 30.8 Å². The quantitative estimate of drug-likeness (QED) is 0.611. The number of benzene rings is 1. The molecule has 5 rings (SSSR count). The van der Waals surface area contributed by atoms with Crippen molar-refractivity contribution in [2.45, 2.75) is 30.1 Å². The zero-order valence-corrected chi connectivity index (χ0v) is 16.4. The minimum atomic E-state index is -3.63. The fraction of sp³-hybridized carbons (Fsp3) is 0.421. The Bertz CT molecular complexity index is 1140.